The summed E-state index contributed by atoms with van der Waals surface area (Å²) in [5, 5.41) is 3.36. The molecule has 0 radical (unpaired) electrons. The number of ether oxygens (including phenoxy) is 2. The molecule has 0 saturated carbocycles. The monoisotopic (exact) mass is 396 g/mol. The highest BCUT2D eigenvalue weighted by atomic mass is 35.5. The molecule has 1 amide bonds. The molecular formula is C19H29ClN4O3. The van der Waals surface area contributed by atoms with Gasteiger partial charge < -0.3 is 24.6 Å². The molecule has 8 heteroatoms. The number of amides is 1. The lowest BCUT2D eigenvalue weighted by Crippen LogP contribution is -2.33. The summed E-state index contributed by atoms with van der Waals surface area (Å²) < 4.78 is 11.0. The first-order valence-electron chi connectivity index (χ1n) is 9.56. The molecule has 7 nitrogen and oxygen atoms in total. The minimum Gasteiger partial charge on any atom is -0.471 e. The van der Waals surface area contributed by atoms with E-state index in [1.807, 2.05) is 0 Å². The van der Waals surface area contributed by atoms with Crippen LogP contribution in [0.1, 0.15) is 23.2 Å². The zero-order valence-corrected chi connectivity index (χ0v) is 16.9. The van der Waals surface area contributed by atoms with E-state index in [-0.39, 0.29) is 12.0 Å². The zero-order chi connectivity index (χ0) is 19.2. The van der Waals surface area contributed by atoms with Crippen molar-refractivity contribution < 1.29 is 14.3 Å². The van der Waals surface area contributed by atoms with E-state index in [1.54, 1.807) is 6.07 Å². The number of hydrogen-bond donors (Lipinski definition) is 1. The lowest BCUT2D eigenvalue weighted by atomic mass is 10.1. The van der Waals surface area contributed by atoms with Crippen molar-refractivity contribution >= 4 is 17.5 Å². The van der Waals surface area contributed by atoms with E-state index < -0.39 is 0 Å². The maximum absolute atomic E-state index is 12.4. The van der Waals surface area contributed by atoms with Crippen LogP contribution in [0.5, 0.6) is 5.88 Å². The molecule has 2 aliphatic heterocycles. The Labute approximate surface area is 166 Å². The molecule has 0 aromatic carbocycles. The van der Waals surface area contributed by atoms with E-state index in [1.165, 1.54) is 6.20 Å². The number of carbonyl (C=O) groups is 1. The third kappa shape index (κ3) is 6.04. The summed E-state index contributed by atoms with van der Waals surface area (Å²) in [5.74, 6) is 0.701. The van der Waals surface area contributed by atoms with Crippen molar-refractivity contribution in [1.29, 1.82) is 0 Å². The topological polar surface area (TPSA) is 66.9 Å². The number of rotatable bonds is 8. The predicted octanol–water partition coefficient (Wildman–Crippen LogP) is 1.52. The SMILES string of the molecule is CN(C)CCN1CCC(CNC(=O)c2cnc(OC3CCOC3)c(Cl)c2)C1. The molecule has 2 atom stereocenters. The number of nitrogens with zero attached hydrogens (tertiary/aromatic N) is 3. The Morgan fingerprint density at radius 2 is 2.33 bits per heavy atom. The van der Waals surface area contributed by atoms with Gasteiger partial charge in [0, 0.05) is 38.8 Å². The second kappa shape index (κ2) is 9.68. The van der Waals surface area contributed by atoms with Gasteiger partial charge in [-0.25, -0.2) is 4.98 Å². The molecule has 3 rings (SSSR count). The summed E-state index contributed by atoms with van der Waals surface area (Å²) >= 11 is 6.24. The van der Waals surface area contributed by atoms with Crippen LogP contribution >= 0.6 is 11.6 Å². The molecule has 150 valence electrons. The summed E-state index contributed by atoms with van der Waals surface area (Å²) in [7, 11) is 4.18. The first kappa shape index (κ1) is 20.3. The van der Waals surface area contributed by atoms with Gasteiger partial charge in [0.25, 0.3) is 5.91 Å². The van der Waals surface area contributed by atoms with Crippen molar-refractivity contribution in [3.05, 3.63) is 22.8 Å². The Hall–Kier alpha value is -1.41. The third-order valence-corrected chi connectivity index (χ3v) is 5.29. The Kier molecular flexibility index (Phi) is 7.29. The van der Waals surface area contributed by atoms with Gasteiger partial charge in [0.2, 0.25) is 5.88 Å². The van der Waals surface area contributed by atoms with Crippen molar-refractivity contribution in [2.75, 3.05) is 60.0 Å². The zero-order valence-electron chi connectivity index (χ0n) is 16.1. The largest absolute Gasteiger partial charge is 0.471 e. The van der Waals surface area contributed by atoms with Gasteiger partial charge in [0.1, 0.15) is 11.1 Å². The number of likely N-dealkylation sites (tertiary alicyclic amines) is 1. The van der Waals surface area contributed by atoms with E-state index in [4.69, 9.17) is 21.1 Å². The average Bonchev–Trinajstić information content (AvgIpc) is 3.31. The van der Waals surface area contributed by atoms with Gasteiger partial charge in [-0.3, -0.25) is 4.79 Å². The minimum atomic E-state index is -0.146. The van der Waals surface area contributed by atoms with Gasteiger partial charge >= 0.3 is 0 Å². The molecule has 3 heterocycles. The Bertz CT molecular complexity index is 637. The fourth-order valence-electron chi connectivity index (χ4n) is 3.36. The summed E-state index contributed by atoms with van der Waals surface area (Å²) in [6.45, 7) is 6.17. The summed E-state index contributed by atoms with van der Waals surface area (Å²) in [4.78, 5) is 21.3. The maximum atomic E-state index is 12.4. The highest BCUT2D eigenvalue weighted by molar-refractivity contribution is 6.32. The van der Waals surface area contributed by atoms with E-state index in [9.17, 15) is 4.79 Å². The quantitative estimate of drug-likeness (QED) is 0.718. The standard InChI is InChI=1S/C19H29ClN4O3/c1-23(2)6-7-24-5-3-14(12-24)10-21-18(25)15-9-17(20)19(22-11-15)27-16-4-8-26-13-16/h9,11,14,16H,3-8,10,12-13H2,1-2H3,(H,21,25). The van der Waals surface area contributed by atoms with Crippen LogP contribution in [-0.4, -0.2) is 86.8 Å². The normalized spacial score (nSPS) is 23.1. The van der Waals surface area contributed by atoms with E-state index in [2.05, 4.69) is 34.2 Å². The summed E-state index contributed by atoms with van der Waals surface area (Å²) in [6.07, 6.45) is 3.44. The number of carbonyl (C=O) groups excluding carboxylic acids is 1. The number of aromatic nitrogens is 1. The van der Waals surface area contributed by atoms with Gasteiger partial charge in [-0.05, 0) is 39.0 Å². The third-order valence-electron chi connectivity index (χ3n) is 5.02. The van der Waals surface area contributed by atoms with Gasteiger partial charge in [-0.1, -0.05) is 11.6 Å². The highest BCUT2D eigenvalue weighted by Gasteiger charge is 2.23. The molecule has 0 aliphatic carbocycles. The number of pyridine rings is 1. The molecule has 0 spiro atoms. The van der Waals surface area contributed by atoms with E-state index in [0.29, 0.717) is 42.1 Å². The maximum Gasteiger partial charge on any atom is 0.252 e. The second-order valence-corrected chi connectivity index (χ2v) is 7.99. The van der Waals surface area contributed by atoms with E-state index in [0.717, 1.165) is 39.0 Å². The van der Waals surface area contributed by atoms with Crippen LogP contribution < -0.4 is 10.1 Å². The van der Waals surface area contributed by atoms with Crippen molar-refractivity contribution in [3.8, 4) is 5.88 Å². The molecular weight excluding hydrogens is 368 g/mol. The lowest BCUT2D eigenvalue weighted by molar-refractivity contribution is 0.0946. The first-order chi connectivity index (χ1) is 13.0. The first-order valence-corrected chi connectivity index (χ1v) is 9.94. The van der Waals surface area contributed by atoms with Gasteiger partial charge in [0.05, 0.1) is 18.8 Å². The molecule has 2 fully saturated rings. The van der Waals surface area contributed by atoms with Crippen molar-refractivity contribution in [1.82, 2.24) is 20.1 Å². The van der Waals surface area contributed by atoms with Crippen LogP contribution in [0.3, 0.4) is 0 Å². The molecule has 27 heavy (non-hydrogen) atoms. The van der Waals surface area contributed by atoms with Gasteiger partial charge in [-0.2, -0.15) is 0 Å². The number of hydrogen-bond acceptors (Lipinski definition) is 6. The van der Waals surface area contributed by atoms with Crippen LogP contribution in [-0.2, 0) is 4.74 Å². The fourth-order valence-corrected chi connectivity index (χ4v) is 3.57. The lowest BCUT2D eigenvalue weighted by Gasteiger charge is -2.18. The number of halogens is 1. The number of likely N-dealkylation sites (N-methyl/N-ethyl adjacent to an activating group) is 1. The second-order valence-electron chi connectivity index (χ2n) is 7.58. The molecule has 1 aromatic rings. The predicted molar refractivity (Wildman–Crippen MR) is 105 cm³/mol. The smallest absolute Gasteiger partial charge is 0.252 e. The van der Waals surface area contributed by atoms with Crippen molar-refractivity contribution in [3.63, 3.8) is 0 Å². The van der Waals surface area contributed by atoms with Crippen molar-refractivity contribution in [2.24, 2.45) is 5.92 Å². The van der Waals surface area contributed by atoms with Gasteiger partial charge in [0.15, 0.2) is 0 Å². The molecule has 1 N–H and O–H groups in total. The highest BCUT2D eigenvalue weighted by Crippen LogP contribution is 2.25. The Balaban J connectivity index is 1.45. The average molecular weight is 397 g/mol. The minimum absolute atomic E-state index is 0.0208. The molecule has 2 saturated heterocycles. The van der Waals surface area contributed by atoms with Crippen molar-refractivity contribution in [2.45, 2.75) is 18.9 Å². The van der Waals surface area contributed by atoms with Crippen LogP contribution in [0.25, 0.3) is 0 Å². The van der Waals surface area contributed by atoms with Crippen LogP contribution in [0.2, 0.25) is 5.02 Å². The van der Waals surface area contributed by atoms with Crippen LogP contribution in [0.15, 0.2) is 12.3 Å². The van der Waals surface area contributed by atoms with Crippen LogP contribution in [0, 0.1) is 5.92 Å². The Morgan fingerprint density at radius 3 is 3.04 bits per heavy atom. The summed E-state index contributed by atoms with van der Waals surface area (Å²) in [6, 6.07) is 1.62. The number of nitrogens with one attached hydrogen (secondary N) is 1. The fraction of sp³-hybridized carbons (Fsp3) is 0.684. The molecule has 2 unspecified atom stereocenters. The Morgan fingerprint density at radius 1 is 1.48 bits per heavy atom. The summed E-state index contributed by atoms with van der Waals surface area (Å²) in [5.41, 5.74) is 0.456. The molecule has 0 bridgehead atoms. The van der Waals surface area contributed by atoms with E-state index >= 15 is 0 Å². The van der Waals surface area contributed by atoms with Gasteiger partial charge in [-0.15, -0.1) is 0 Å². The van der Waals surface area contributed by atoms with Crippen LogP contribution in [0.4, 0.5) is 0 Å². The molecule has 1 aromatic heterocycles. The molecule has 2 aliphatic rings.